The molecule has 0 aromatic carbocycles. The van der Waals surface area contributed by atoms with E-state index in [9.17, 15) is 0 Å². The van der Waals surface area contributed by atoms with E-state index in [1.165, 1.54) is 0 Å². The van der Waals surface area contributed by atoms with Gasteiger partial charge >= 0.3 is 0 Å². The normalized spacial score (nSPS) is 16.4. The lowest BCUT2D eigenvalue weighted by Gasteiger charge is -2.25. The molecule has 1 aliphatic heterocycles. The molecule has 0 bridgehead atoms. The lowest BCUT2D eigenvalue weighted by Crippen LogP contribution is -2.30. The van der Waals surface area contributed by atoms with E-state index in [-0.39, 0.29) is 5.41 Å². The summed E-state index contributed by atoms with van der Waals surface area (Å²) in [6.07, 6.45) is 0. The Hall–Kier alpha value is -0.810. The van der Waals surface area contributed by atoms with Crippen LogP contribution in [0.25, 0.3) is 0 Å². The Labute approximate surface area is 113 Å². The first-order chi connectivity index (χ1) is 8.49. The third kappa shape index (κ3) is 3.36. The average Bonchev–Trinajstić information content (AvgIpc) is 2.23. The third-order valence-electron chi connectivity index (χ3n) is 2.63. The molecule has 0 amide bonds. The van der Waals surface area contributed by atoms with Gasteiger partial charge in [0, 0.05) is 18.0 Å². The van der Waals surface area contributed by atoms with Gasteiger partial charge < -0.3 is 10.1 Å². The summed E-state index contributed by atoms with van der Waals surface area (Å²) in [4.78, 5) is 9.24. The minimum atomic E-state index is -0.0309. The van der Waals surface area contributed by atoms with E-state index in [0.29, 0.717) is 5.25 Å². The molecule has 5 heteroatoms. The fourth-order valence-electron chi connectivity index (χ4n) is 1.55. The quantitative estimate of drug-likeness (QED) is 0.850. The highest BCUT2D eigenvalue weighted by atomic mass is 32.2. The maximum Gasteiger partial charge on any atom is 0.137 e. The molecule has 1 aromatic heterocycles. The van der Waals surface area contributed by atoms with Gasteiger partial charge in [0.1, 0.15) is 16.7 Å². The fraction of sp³-hybridized carbons (Fsp3) is 0.692. The Morgan fingerprint density at radius 2 is 2.11 bits per heavy atom. The Kier molecular flexibility index (Phi) is 4.12. The van der Waals surface area contributed by atoms with Crippen molar-refractivity contribution in [1.82, 2.24) is 9.97 Å². The van der Waals surface area contributed by atoms with Crippen molar-refractivity contribution in [1.29, 1.82) is 0 Å². The van der Waals surface area contributed by atoms with Crippen LogP contribution in [0.15, 0.2) is 11.1 Å². The number of ether oxygens (including phenoxy) is 1. The number of hydrogen-bond acceptors (Lipinski definition) is 5. The van der Waals surface area contributed by atoms with Crippen molar-refractivity contribution >= 4 is 17.6 Å². The maximum absolute atomic E-state index is 5.20. The maximum atomic E-state index is 5.20. The van der Waals surface area contributed by atoms with E-state index in [1.807, 2.05) is 6.07 Å². The van der Waals surface area contributed by atoms with Gasteiger partial charge in [-0.05, 0) is 6.92 Å². The predicted molar refractivity (Wildman–Crippen MR) is 75.4 cm³/mol. The summed E-state index contributed by atoms with van der Waals surface area (Å²) >= 11 is 1.78. The van der Waals surface area contributed by atoms with Crippen molar-refractivity contribution in [2.75, 3.05) is 25.1 Å². The molecule has 0 saturated carbocycles. The highest BCUT2D eigenvalue weighted by Crippen LogP contribution is 2.30. The van der Waals surface area contributed by atoms with Gasteiger partial charge in [-0.25, -0.2) is 9.97 Å². The number of aromatic nitrogens is 2. The van der Waals surface area contributed by atoms with E-state index >= 15 is 0 Å². The predicted octanol–water partition coefficient (Wildman–Crippen LogP) is 2.70. The van der Waals surface area contributed by atoms with Crippen molar-refractivity contribution in [3.63, 3.8) is 0 Å². The number of nitrogens with zero attached hydrogens (tertiary/aromatic N) is 2. The van der Waals surface area contributed by atoms with Gasteiger partial charge in [0.25, 0.3) is 0 Å². The number of hydrogen-bond donors (Lipinski definition) is 1. The van der Waals surface area contributed by atoms with Gasteiger partial charge in [-0.3, -0.25) is 0 Å². The van der Waals surface area contributed by atoms with Crippen molar-refractivity contribution in [2.24, 2.45) is 0 Å². The largest absolute Gasteiger partial charge is 0.379 e. The molecule has 2 rings (SSSR count). The van der Waals surface area contributed by atoms with Crippen LogP contribution in [0, 0.1) is 0 Å². The molecule has 0 atom stereocenters. The summed E-state index contributed by atoms with van der Waals surface area (Å²) in [5.74, 6) is 1.81. The molecule has 18 heavy (non-hydrogen) atoms. The Balaban J connectivity index is 2.23. The first kappa shape index (κ1) is 13.6. The zero-order valence-electron chi connectivity index (χ0n) is 11.5. The molecule has 100 valence electrons. The van der Waals surface area contributed by atoms with Gasteiger partial charge in [0.2, 0.25) is 0 Å². The van der Waals surface area contributed by atoms with Gasteiger partial charge in [-0.15, -0.1) is 0 Å². The van der Waals surface area contributed by atoms with Crippen LogP contribution in [0.2, 0.25) is 0 Å². The van der Waals surface area contributed by atoms with E-state index in [0.717, 1.165) is 36.4 Å². The number of rotatable bonds is 4. The molecule has 1 fully saturated rings. The molecule has 4 nitrogen and oxygen atoms in total. The average molecular weight is 267 g/mol. The van der Waals surface area contributed by atoms with Gasteiger partial charge in [0.05, 0.1) is 18.5 Å². The molecule has 0 spiro atoms. The fourth-order valence-corrected chi connectivity index (χ4v) is 2.53. The van der Waals surface area contributed by atoms with Crippen LogP contribution in [-0.4, -0.2) is 35.0 Å². The van der Waals surface area contributed by atoms with Crippen LogP contribution in [-0.2, 0) is 10.2 Å². The molecule has 1 aromatic rings. The molecular formula is C13H21N3OS. The minimum absolute atomic E-state index is 0.0309. The van der Waals surface area contributed by atoms with Crippen LogP contribution in [0.1, 0.15) is 33.5 Å². The molecule has 1 aliphatic rings. The summed E-state index contributed by atoms with van der Waals surface area (Å²) in [5, 5.41) is 4.86. The summed E-state index contributed by atoms with van der Waals surface area (Å²) < 4.78 is 5.20. The summed E-state index contributed by atoms with van der Waals surface area (Å²) in [7, 11) is 0. The molecule has 1 N–H and O–H groups in total. The first-order valence-electron chi connectivity index (χ1n) is 6.37. The molecule has 0 radical (unpaired) electrons. The van der Waals surface area contributed by atoms with E-state index < -0.39 is 0 Å². The second-order valence-corrected chi connectivity index (χ2v) is 6.79. The lowest BCUT2D eigenvalue weighted by molar-refractivity contribution is 0.0454. The lowest BCUT2D eigenvalue weighted by atomic mass is 9.96. The molecular weight excluding hydrogens is 246 g/mol. The van der Waals surface area contributed by atoms with Gasteiger partial charge in [0.15, 0.2) is 0 Å². The SMILES string of the molecule is CCNc1cc(SC2COC2)nc(C(C)(C)C)n1. The minimum Gasteiger partial charge on any atom is -0.379 e. The third-order valence-corrected chi connectivity index (χ3v) is 3.68. The van der Waals surface area contributed by atoms with E-state index in [1.54, 1.807) is 11.8 Å². The summed E-state index contributed by atoms with van der Waals surface area (Å²) in [6.45, 7) is 11.0. The van der Waals surface area contributed by atoms with Crippen molar-refractivity contribution in [3.8, 4) is 0 Å². The molecule has 1 saturated heterocycles. The number of nitrogens with one attached hydrogen (secondary N) is 1. The van der Waals surface area contributed by atoms with Crippen LogP contribution < -0.4 is 5.32 Å². The second kappa shape index (κ2) is 5.45. The van der Waals surface area contributed by atoms with Crippen molar-refractivity contribution in [2.45, 2.75) is 43.4 Å². The molecule has 0 aliphatic carbocycles. The Bertz CT molecular complexity index is 413. The van der Waals surface area contributed by atoms with E-state index in [4.69, 9.17) is 4.74 Å². The van der Waals surface area contributed by atoms with Gasteiger partial charge in [-0.2, -0.15) is 0 Å². The van der Waals surface area contributed by atoms with Crippen LogP contribution in [0.5, 0.6) is 0 Å². The monoisotopic (exact) mass is 267 g/mol. The zero-order valence-corrected chi connectivity index (χ0v) is 12.3. The Morgan fingerprint density at radius 3 is 2.61 bits per heavy atom. The van der Waals surface area contributed by atoms with Gasteiger partial charge in [-0.1, -0.05) is 32.5 Å². The van der Waals surface area contributed by atoms with Crippen molar-refractivity contribution in [3.05, 3.63) is 11.9 Å². The Morgan fingerprint density at radius 1 is 1.39 bits per heavy atom. The first-order valence-corrected chi connectivity index (χ1v) is 7.25. The molecule has 0 unspecified atom stereocenters. The van der Waals surface area contributed by atoms with Crippen LogP contribution >= 0.6 is 11.8 Å². The highest BCUT2D eigenvalue weighted by molar-refractivity contribution is 8.00. The highest BCUT2D eigenvalue weighted by Gasteiger charge is 2.23. The molecule has 2 heterocycles. The van der Waals surface area contributed by atoms with E-state index in [2.05, 4.69) is 43.0 Å². The topological polar surface area (TPSA) is 47.0 Å². The summed E-state index contributed by atoms with van der Waals surface area (Å²) in [5.41, 5.74) is -0.0309. The summed E-state index contributed by atoms with van der Waals surface area (Å²) in [6, 6.07) is 2.03. The zero-order chi connectivity index (χ0) is 13.2. The van der Waals surface area contributed by atoms with Crippen LogP contribution in [0.3, 0.4) is 0 Å². The number of thioether (sulfide) groups is 1. The number of anilines is 1. The van der Waals surface area contributed by atoms with Crippen LogP contribution in [0.4, 0.5) is 5.82 Å². The second-order valence-electron chi connectivity index (χ2n) is 5.47. The smallest absolute Gasteiger partial charge is 0.137 e. The standard InChI is InChI=1S/C13H21N3OS/c1-5-14-10-6-11(18-9-7-17-8-9)16-12(15-10)13(2,3)4/h6,9H,5,7-8H2,1-4H3,(H,14,15,16). The van der Waals surface area contributed by atoms with Crippen molar-refractivity contribution < 1.29 is 4.74 Å².